The third-order valence-electron chi connectivity index (χ3n) is 2.70. The molecule has 7 nitrogen and oxygen atoms in total. The van der Waals surface area contributed by atoms with E-state index in [1.807, 2.05) is 6.92 Å². The molecule has 0 saturated heterocycles. The first-order valence-electron chi connectivity index (χ1n) is 6.14. The molecule has 0 bridgehead atoms. The van der Waals surface area contributed by atoms with Crippen LogP contribution in [-0.2, 0) is 10.0 Å². The van der Waals surface area contributed by atoms with Crippen LogP contribution in [0.15, 0.2) is 4.42 Å². The zero-order chi connectivity index (χ0) is 15.5. The van der Waals surface area contributed by atoms with E-state index in [0.29, 0.717) is 12.8 Å². The highest BCUT2D eigenvalue weighted by atomic mass is 32.2. The summed E-state index contributed by atoms with van der Waals surface area (Å²) in [5.41, 5.74) is 4.98. The Hall–Kier alpha value is -1.83. The molecule has 0 aliphatic rings. The van der Waals surface area contributed by atoms with Crippen molar-refractivity contribution in [3.63, 3.8) is 0 Å². The summed E-state index contributed by atoms with van der Waals surface area (Å²) in [4.78, 5) is 22.9. The van der Waals surface area contributed by atoms with Crippen molar-refractivity contribution in [2.24, 2.45) is 5.73 Å². The van der Waals surface area contributed by atoms with Crippen LogP contribution in [0.3, 0.4) is 0 Å². The van der Waals surface area contributed by atoms with Gasteiger partial charge in [0.1, 0.15) is 11.3 Å². The monoisotopic (exact) mass is 302 g/mol. The summed E-state index contributed by atoms with van der Waals surface area (Å²) in [6.45, 7) is 4.57. The number of ketones is 1. The second kappa shape index (κ2) is 6.08. The van der Waals surface area contributed by atoms with Gasteiger partial charge in [0.25, 0.3) is 5.91 Å². The number of Topliss-reactive ketones (excluding diaryl/α,β-unsaturated/α-hetero) is 1. The number of sulfonamides is 1. The van der Waals surface area contributed by atoms with Gasteiger partial charge in [0.2, 0.25) is 15.9 Å². The Balaban J connectivity index is 3.23. The van der Waals surface area contributed by atoms with Crippen LogP contribution < -0.4 is 10.5 Å². The normalized spacial score (nSPS) is 11.3. The predicted octanol–water partition coefficient (Wildman–Crippen LogP) is 1.43. The Bertz CT molecular complexity index is 631. The van der Waals surface area contributed by atoms with E-state index in [2.05, 4.69) is 4.72 Å². The van der Waals surface area contributed by atoms with Crippen molar-refractivity contribution in [1.29, 1.82) is 0 Å². The highest BCUT2D eigenvalue weighted by molar-refractivity contribution is 7.92. The summed E-state index contributed by atoms with van der Waals surface area (Å²) in [6, 6.07) is 0. The molecule has 0 saturated carbocycles. The summed E-state index contributed by atoms with van der Waals surface area (Å²) in [5, 5.41) is 0. The van der Waals surface area contributed by atoms with Crippen LogP contribution in [0.1, 0.15) is 53.2 Å². The number of anilines is 1. The largest absolute Gasteiger partial charge is 0.443 e. The number of rotatable bonds is 7. The van der Waals surface area contributed by atoms with Gasteiger partial charge in [-0.15, -0.1) is 0 Å². The van der Waals surface area contributed by atoms with E-state index in [1.54, 1.807) is 0 Å². The average Bonchev–Trinajstić information content (AvgIpc) is 2.62. The van der Waals surface area contributed by atoms with Crippen molar-refractivity contribution in [1.82, 2.24) is 0 Å². The van der Waals surface area contributed by atoms with E-state index < -0.39 is 21.7 Å². The van der Waals surface area contributed by atoms with Gasteiger partial charge in [0, 0.05) is 0 Å². The van der Waals surface area contributed by atoms with Gasteiger partial charge in [-0.2, -0.15) is 0 Å². The second-order valence-corrected chi connectivity index (χ2v) is 6.27. The lowest BCUT2D eigenvalue weighted by atomic mass is 10.1. The third-order valence-corrected chi connectivity index (χ3v) is 4.02. The van der Waals surface area contributed by atoms with Crippen LogP contribution >= 0.6 is 0 Å². The topological polar surface area (TPSA) is 119 Å². The standard InChI is InChI=1S/C12H18N2O5S/c1-4-5-6-20(17,18)14-12-10(11(13)16)9(7(2)15)8(3)19-12/h14H,4-6H2,1-3H3,(H2,13,16). The number of nitrogens with two attached hydrogens (primary N) is 1. The second-order valence-electron chi connectivity index (χ2n) is 4.43. The maximum Gasteiger partial charge on any atom is 0.255 e. The minimum atomic E-state index is -3.64. The molecule has 0 fully saturated rings. The van der Waals surface area contributed by atoms with Crippen LogP contribution in [0.25, 0.3) is 0 Å². The summed E-state index contributed by atoms with van der Waals surface area (Å²) < 4.78 is 31.0. The molecule has 20 heavy (non-hydrogen) atoms. The van der Waals surface area contributed by atoms with Crippen LogP contribution in [0.2, 0.25) is 0 Å². The maximum atomic E-state index is 11.8. The number of carbonyl (C=O) groups excluding carboxylic acids is 2. The first-order valence-corrected chi connectivity index (χ1v) is 7.79. The zero-order valence-electron chi connectivity index (χ0n) is 11.6. The zero-order valence-corrected chi connectivity index (χ0v) is 12.5. The number of furan rings is 1. The Labute approximate surface area is 117 Å². The van der Waals surface area contributed by atoms with Crippen molar-refractivity contribution >= 4 is 27.6 Å². The third kappa shape index (κ3) is 3.60. The van der Waals surface area contributed by atoms with E-state index >= 15 is 0 Å². The summed E-state index contributed by atoms with van der Waals surface area (Å²) in [6.07, 6.45) is 1.18. The molecule has 1 amide bonds. The number of nitrogens with one attached hydrogen (secondary N) is 1. The molecule has 1 rings (SSSR count). The van der Waals surface area contributed by atoms with E-state index in [-0.39, 0.29) is 28.5 Å². The molecule has 0 spiro atoms. The fourth-order valence-electron chi connectivity index (χ4n) is 1.80. The first-order chi connectivity index (χ1) is 9.19. The molecule has 0 aliphatic heterocycles. The molecule has 0 radical (unpaired) electrons. The molecule has 3 N–H and O–H groups in total. The summed E-state index contributed by atoms with van der Waals surface area (Å²) in [5.74, 6) is -1.58. The number of hydrogen-bond donors (Lipinski definition) is 2. The molecule has 112 valence electrons. The number of carbonyl (C=O) groups is 2. The SMILES string of the molecule is CCCCS(=O)(=O)Nc1oc(C)c(C(C)=O)c1C(N)=O. The van der Waals surface area contributed by atoms with Gasteiger partial charge in [0.05, 0.1) is 11.3 Å². The van der Waals surface area contributed by atoms with Crippen molar-refractivity contribution in [3.05, 3.63) is 16.9 Å². The lowest BCUT2D eigenvalue weighted by Crippen LogP contribution is -2.21. The molecule has 8 heteroatoms. The number of hydrogen-bond acceptors (Lipinski definition) is 5. The highest BCUT2D eigenvalue weighted by Crippen LogP contribution is 2.28. The van der Waals surface area contributed by atoms with Gasteiger partial charge in [-0.25, -0.2) is 8.42 Å². The lowest BCUT2D eigenvalue weighted by molar-refractivity contribution is 0.0974. The summed E-state index contributed by atoms with van der Waals surface area (Å²) in [7, 11) is -3.64. The Kier molecular flexibility index (Phi) is 4.93. The number of unbranched alkanes of at least 4 members (excludes halogenated alkanes) is 1. The molecule has 0 unspecified atom stereocenters. The Morgan fingerprint density at radius 2 is 1.90 bits per heavy atom. The molecule has 1 aromatic rings. The number of aryl methyl sites for hydroxylation is 1. The number of amides is 1. The average molecular weight is 302 g/mol. The van der Waals surface area contributed by atoms with Crippen molar-refractivity contribution in [2.75, 3.05) is 10.5 Å². The van der Waals surface area contributed by atoms with E-state index in [0.717, 1.165) is 0 Å². The molecule has 0 aromatic carbocycles. The van der Waals surface area contributed by atoms with Crippen molar-refractivity contribution in [3.8, 4) is 0 Å². The first kappa shape index (κ1) is 16.2. The predicted molar refractivity (Wildman–Crippen MR) is 74.3 cm³/mol. The van der Waals surface area contributed by atoms with Gasteiger partial charge < -0.3 is 10.2 Å². The molecular formula is C12H18N2O5S. The van der Waals surface area contributed by atoms with Crippen LogP contribution in [0.4, 0.5) is 5.88 Å². The van der Waals surface area contributed by atoms with Gasteiger partial charge in [-0.05, 0) is 20.3 Å². The summed E-state index contributed by atoms with van der Waals surface area (Å²) >= 11 is 0. The number of primary amides is 1. The fraction of sp³-hybridized carbons (Fsp3) is 0.500. The van der Waals surface area contributed by atoms with Crippen LogP contribution in [-0.4, -0.2) is 25.9 Å². The van der Waals surface area contributed by atoms with E-state index in [1.165, 1.54) is 13.8 Å². The molecule has 0 aliphatic carbocycles. The van der Waals surface area contributed by atoms with Crippen LogP contribution in [0.5, 0.6) is 0 Å². The van der Waals surface area contributed by atoms with E-state index in [4.69, 9.17) is 10.2 Å². The van der Waals surface area contributed by atoms with Gasteiger partial charge in [-0.3, -0.25) is 14.3 Å². The van der Waals surface area contributed by atoms with Gasteiger partial charge in [0.15, 0.2) is 5.78 Å². The Morgan fingerprint density at radius 1 is 1.30 bits per heavy atom. The minimum Gasteiger partial charge on any atom is -0.443 e. The quantitative estimate of drug-likeness (QED) is 0.738. The molecule has 1 heterocycles. The highest BCUT2D eigenvalue weighted by Gasteiger charge is 2.27. The van der Waals surface area contributed by atoms with Crippen molar-refractivity contribution in [2.45, 2.75) is 33.6 Å². The fourth-order valence-corrected chi connectivity index (χ4v) is 3.00. The maximum absolute atomic E-state index is 11.8. The molecule has 1 aromatic heterocycles. The smallest absolute Gasteiger partial charge is 0.255 e. The van der Waals surface area contributed by atoms with E-state index in [9.17, 15) is 18.0 Å². The van der Waals surface area contributed by atoms with Crippen molar-refractivity contribution < 1.29 is 22.4 Å². The Morgan fingerprint density at radius 3 is 2.35 bits per heavy atom. The molecule has 0 atom stereocenters. The lowest BCUT2D eigenvalue weighted by Gasteiger charge is -2.05. The van der Waals surface area contributed by atoms with Gasteiger partial charge in [-0.1, -0.05) is 13.3 Å². The van der Waals surface area contributed by atoms with Crippen LogP contribution in [0, 0.1) is 6.92 Å². The molecular weight excluding hydrogens is 284 g/mol. The van der Waals surface area contributed by atoms with Gasteiger partial charge >= 0.3 is 0 Å². The minimum absolute atomic E-state index is 0.00527.